The van der Waals surface area contributed by atoms with Crippen LogP contribution in [0.4, 0.5) is 0 Å². The van der Waals surface area contributed by atoms with Gasteiger partial charge in [-0.15, -0.1) is 0 Å². The molecule has 0 amide bonds. The zero-order chi connectivity index (χ0) is 12.8. The van der Waals surface area contributed by atoms with Gasteiger partial charge in [0.1, 0.15) is 0 Å². The number of hydrogen-bond acceptors (Lipinski definition) is 2. The van der Waals surface area contributed by atoms with Crippen LogP contribution >= 0.6 is 0 Å². The molecule has 2 rings (SSSR count). The molecule has 1 heterocycles. The lowest BCUT2D eigenvalue weighted by atomic mass is 9.91. The summed E-state index contributed by atoms with van der Waals surface area (Å²) >= 11 is 0. The molecule has 1 aliphatic carbocycles. The Morgan fingerprint density at radius 1 is 1.06 bits per heavy atom. The van der Waals surface area contributed by atoms with Gasteiger partial charge in [0.25, 0.3) is 0 Å². The van der Waals surface area contributed by atoms with Crippen molar-refractivity contribution in [3.63, 3.8) is 0 Å². The summed E-state index contributed by atoms with van der Waals surface area (Å²) in [5.74, 6) is 0. The van der Waals surface area contributed by atoms with Crippen LogP contribution in [0.15, 0.2) is 0 Å². The van der Waals surface area contributed by atoms with Crippen molar-refractivity contribution in [2.24, 2.45) is 0 Å². The fraction of sp³-hybridized carbons (Fsp3) is 1.00. The van der Waals surface area contributed by atoms with Gasteiger partial charge < -0.3 is 5.32 Å². The fourth-order valence-corrected chi connectivity index (χ4v) is 4.01. The van der Waals surface area contributed by atoms with Crippen molar-refractivity contribution in [2.75, 3.05) is 13.1 Å². The predicted molar refractivity (Wildman–Crippen MR) is 79.0 cm³/mol. The Hall–Kier alpha value is -0.0800. The molecule has 2 nitrogen and oxygen atoms in total. The molecule has 0 spiro atoms. The van der Waals surface area contributed by atoms with Gasteiger partial charge >= 0.3 is 0 Å². The summed E-state index contributed by atoms with van der Waals surface area (Å²) in [5, 5.41) is 3.71. The van der Waals surface area contributed by atoms with E-state index in [4.69, 9.17) is 0 Å². The first-order chi connectivity index (χ1) is 8.81. The minimum Gasteiger partial charge on any atom is -0.314 e. The summed E-state index contributed by atoms with van der Waals surface area (Å²) in [6.07, 6.45) is 12.8. The molecule has 2 aliphatic rings. The lowest BCUT2D eigenvalue weighted by Gasteiger charge is -2.39. The van der Waals surface area contributed by atoms with Crippen LogP contribution in [-0.4, -0.2) is 36.1 Å². The molecule has 0 aromatic heterocycles. The molecule has 2 unspecified atom stereocenters. The Balaban J connectivity index is 1.81. The Kier molecular flexibility index (Phi) is 5.97. The van der Waals surface area contributed by atoms with Crippen LogP contribution in [-0.2, 0) is 0 Å². The molecule has 0 aromatic carbocycles. The summed E-state index contributed by atoms with van der Waals surface area (Å²) in [4.78, 5) is 2.79. The standard InChI is InChI=1S/C16H32N2/c1-3-18(16-10-5-4-6-11-16)14(2)13-15-9-7-8-12-17-15/h14-17H,3-13H2,1-2H3. The number of nitrogens with zero attached hydrogens (tertiary/aromatic N) is 1. The second-order valence-corrected chi connectivity index (χ2v) is 6.35. The summed E-state index contributed by atoms with van der Waals surface area (Å²) in [6, 6.07) is 2.42. The topological polar surface area (TPSA) is 15.3 Å². The van der Waals surface area contributed by atoms with Crippen LogP contribution in [0.5, 0.6) is 0 Å². The molecule has 0 aromatic rings. The molecule has 0 bridgehead atoms. The highest BCUT2D eigenvalue weighted by atomic mass is 15.2. The largest absolute Gasteiger partial charge is 0.314 e. The number of hydrogen-bond donors (Lipinski definition) is 1. The maximum atomic E-state index is 3.71. The molecule has 2 atom stereocenters. The lowest BCUT2D eigenvalue weighted by molar-refractivity contribution is 0.105. The van der Waals surface area contributed by atoms with Gasteiger partial charge in [-0.25, -0.2) is 0 Å². The molecule has 0 radical (unpaired) electrons. The van der Waals surface area contributed by atoms with E-state index in [1.54, 1.807) is 0 Å². The summed E-state index contributed by atoms with van der Waals surface area (Å²) in [6.45, 7) is 7.28. The smallest absolute Gasteiger partial charge is 0.00979 e. The third kappa shape index (κ3) is 3.96. The summed E-state index contributed by atoms with van der Waals surface area (Å²) < 4.78 is 0. The van der Waals surface area contributed by atoms with Crippen molar-refractivity contribution >= 4 is 0 Å². The van der Waals surface area contributed by atoms with Gasteiger partial charge in [0.2, 0.25) is 0 Å². The normalized spacial score (nSPS) is 28.5. The monoisotopic (exact) mass is 252 g/mol. The van der Waals surface area contributed by atoms with Gasteiger partial charge in [-0.3, -0.25) is 4.90 Å². The highest BCUT2D eigenvalue weighted by Gasteiger charge is 2.26. The highest BCUT2D eigenvalue weighted by molar-refractivity contribution is 4.83. The first kappa shape index (κ1) is 14.3. The van der Waals surface area contributed by atoms with E-state index in [2.05, 4.69) is 24.1 Å². The maximum absolute atomic E-state index is 3.71. The lowest BCUT2D eigenvalue weighted by Crippen LogP contribution is -2.46. The molecule has 1 saturated heterocycles. The minimum absolute atomic E-state index is 0.758. The average Bonchev–Trinajstić information content (AvgIpc) is 2.42. The predicted octanol–water partition coefficient (Wildman–Crippen LogP) is 3.56. The van der Waals surface area contributed by atoms with Crippen LogP contribution in [0.25, 0.3) is 0 Å². The molecule has 1 saturated carbocycles. The van der Waals surface area contributed by atoms with Crippen LogP contribution < -0.4 is 5.32 Å². The van der Waals surface area contributed by atoms with Crippen LogP contribution in [0.1, 0.15) is 71.6 Å². The SMILES string of the molecule is CCN(C(C)CC1CCCCN1)C1CCCCC1. The molecular formula is C16H32N2. The molecule has 2 fully saturated rings. The van der Waals surface area contributed by atoms with Gasteiger partial charge in [0.15, 0.2) is 0 Å². The fourth-order valence-electron chi connectivity index (χ4n) is 4.01. The summed E-state index contributed by atoms with van der Waals surface area (Å²) in [7, 11) is 0. The molecule has 1 N–H and O–H groups in total. The van der Waals surface area contributed by atoms with Crippen molar-refractivity contribution in [3.05, 3.63) is 0 Å². The molecule has 106 valence electrons. The highest BCUT2D eigenvalue weighted by Crippen LogP contribution is 2.25. The maximum Gasteiger partial charge on any atom is 0.00979 e. The van der Waals surface area contributed by atoms with E-state index in [1.165, 1.54) is 70.9 Å². The number of nitrogens with one attached hydrogen (secondary N) is 1. The molecular weight excluding hydrogens is 220 g/mol. The van der Waals surface area contributed by atoms with Gasteiger partial charge in [0, 0.05) is 18.1 Å². The number of rotatable bonds is 5. The van der Waals surface area contributed by atoms with Crippen LogP contribution in [0.2, 0.25) is 0 Å². The van der Waals surface area contributed by atoms with Crippen molar-refractivity contribution < 1.29 is 0 Å². The van der Waals surface area contributed by atoms with E-state index in [0.29, 0.717) is 0 Å². The van der Waals surface area contributed by atoms with Crippen molar-refractivity contribution in [1.82, 2.24) is 10.2 Å². The number of piperidine rings is 1. The third-order valence-corrected chi connectivity index (χ3v) is 5.01. The van der Waals surface area contributed by atoms with E-state index in [0.717, 1.165) is 18.1 Å². The van der Waals surface area contributed by atoms with E-state index in [9.17, 15) is 0 Å². The Bertz CT molecular complexity index is 217. The van der Waals surface area contributed by atoms with Gasteiger partial charge in [-0.2, -0.15) is 0 Å². The zero-order valence-corrected chi connectivity index (χ0v) is 12.5. The summed E-state index contributed by atoms with van der Waals surface area (Å²) in [5.41, 5.74) is 0. The second kappa shape index (κ2) is 7.49. The van der Waals surface area contributed by atoms with E-state index < -0.39 is 0 Å². The molecule has 18 heavy (non-hydrogen) atoms. The molecule has 1 aliphatic heterocycles. The Morgan fingerprint density at radius 3 is 2.39 bits per heavy atom. The van der Waals surface area contributed by atoms with Crippen LogP contribution in [0, 0.1) is 0 Å². The Morgan fingerprint density at radius 2 is 1.78 bits per heavy atom. The average molecular weight is 252 g/mol. The van der Waals surface area contributed by atoms with Crippen molar-refractivity contribution in [2.45, 2.75) is 89.8 Å². The van der Waals surface area contributed by atoms with Crippen molar-refractivity contribution in [1.29, 1.82) is 0 Å². The zero-order valence-electron chi connectivity index (χ0n) is 12.5. The first-order valence-electron chi connectivity index (χ1n) is 8.30. The second-order valence-electron chi connectivity index (χ2n) is 6.35. The molecule has 2 heteroatoms. The third-order valence-electron chi connectivity index (χ3n) is 5.01. The van der Waals surface area contributed by atoms with E-state index >= 15 is 0 Å². The van der Waals surface area contributed by atoms with E-state index in [-0.39, 0.29) is 0 Å². The van der Waals surface area contributed by atoms with Gasteiger partial charge in [-0.1, -0.05) is 32.6 Å². The van der Waals surface area contributed by atoms with Gasteiger partial charge in [0.05, 0.1) is 0 Å². The van der Waals surface area contributed by atoms with Crippen molar-refractivity contribution in [3.8, 4) is 0 Å². The minimum atomic E-state index is 0.758. The van der Waals surface area contributed by atoms with Crippen LogP contribution in [0.3, 0.4) is 0 Å². The van der Waals surface area contributed by atoms with Gasteiger partial charge in [-0.05, 0) is 52.1 Å². The Labute approximate surface area is 114 Å². The van der Waals surface area contributed by atoms with E-state index in [1.807, 2.05) is 0 Å². The first-order valence-corrected chi connectivity index (χ1v) is 8.30. The quantitative estimate of drug-likeness (QED) is 0.805.